The van der Waals surface area contributed by atoms with Crippen molar-refractivity contribution in [3.8, 4) is 5.75 Å². The predicted molar refractivity (Wildman–Crippen MR) is 105 cm³/mol. The van der Waals surface area contributed by atoms with Gasteiger partial charge in [0.15, 0.2) is 0 Å². The van der Waals surface area contributed by atoms with Crippen LogP contribution in [0.3, 0.4) is 0 Å². The molecule has 6 nitrogen and oxygen atoms in total. The minimum absolute atomic E-state index is 0.0542. The Kier molecular flexibility index (Phi) is 6.60. The first-order valence-corrected chi connectivity index (χ1v) is 9.89. The monoisotopic (exact) mass is 376 g/mol. The molecule has 0 aromatic heterocycles. The largest absolute Gasteiger partial charge is 0.495 e. The number of hydrogen-bond donors (Lipinski definition) is 0. The van der Waals surface area contributed by atoms with Gasteiger partial charge in [0.1, 0.15) is 12.4 Å². The minimum atomic E-state index is -0.185. The molecule has 2 heterocycles. The Morgan fingerprint density at radius 1 is 1.26 bits per heavy atom. The Morgan fingerprint density at radius 3 is 2.78 bits per heavy atom. The van der Waals surface area contributed by atoms with E-state index >= 15 is 0 Å². The van der Waals surface area contributed by atoms with Gasteiger partial charge in [0, 0.05) is 26.2 Å². The molecule has 150 valence electrons. The van der Waals surface area contributed by atoms with E-state index < -0.39 is 0 Å². The van der Waals surface area contributed by atoms with E-state index in [1.165, 1.54) is 6.42 Å². The van der Waals surface area contributed by atoms with Gasteiger partial charge in [-0.2, -0.15) is 0 Å². The number of nitrogens with zero attached hydrogens (tertiary/aromatic N) is 2. The summed E-state index contributed by atoms with van der Waals surface area (Å²) in [7, 11) is 1.69. The highest BCUT2D eigenvalue weighted by molar-refractivity contribution is 5.78. The molecule has 1 aromatic rings. The third-order valence-corrected chi connectivity index (χ3v) is 5.43. The van der Waals surface area contributed by atoms with Crippen molar-refractivity contribution in [2.24, 2.45) is 0 Å². The summed E-state index contributed by atoms with van der Waals surface area (Å²) < 4.78 is 16.8. The molecule has 3 rings (SSSR count). The molecule has 0 spiro atoms. The van der Waals surface area contributed by atoms with Crippen LogP contribution in [-0.2, 0) is 14.3 Å². The fourth-order valence-electron chi connectivity index (χ4n) is 3.97. The first-order chi connectivity index (χ1) is 13.0. The average Bonchev–Trinajstić information content (AvgIpc) is 2.68. The maximum absolute atomic E-state index is 12.6. The number of methoxy groups -OCH3 is 1. The Balaban J connectivity index is 1.54. The number of para-hydroxylation sites is 2. The fourth-order valence-corrected chi connectivity index (χ4v) is 3.97. The van der Waals surface area contributed by atoms with Crippen molar-refractivity contribution in [3.63, 3.8) is 0 Å². The van der Waals surface area contributed by atoms with E-state index in [2.05, 4.69) is 24.8 Å². The Labute approximate surface area is 162 Å². The second-order valence-corrected chi connectivity index (χ2v) is 7.95. The van der Waals surface area contributed by atoms with Crippen LogP contribution < -0.4 is 9.64 Å². The van der Waals surface area contributed by atoms with Gasteiger partial charge < -0.3 is 24.0 Å². The molecule has 1 amide bonds. The molecule has 0 aliphatic carbocycles. The topological polar surface area (TPSA) is 51.2 Å². The summed E-state index contributed by atoms with van der Waals surface area (Å²) in [6.45, 7) is 7.88. The molecule has 2 saturated heterocycles. The first kappa shape index (κ1) is 20.0. The quantitative estimate of drug-likeness (QED) is 0.764. The lowest BCUT2D eigenvalue weighted by atomic mass is 9.97. The molecule has 27 heavy (non-hydrogen) atoms. The fraction of sp³-hybridized carbons (Fsp3) is 0.667. The van der Waals surface area contributed by atoms with E-state index in [4.69, 9.17) is 14.2 Å². The number of carbonyl (C=O) groups is 1. The lowest BCUT2D eigenvalue weighted by Crippen LogP contribution is -2.61. The van der Waals surface area contributed by atoms with E-state index in [1.54, 1.807) is 7.11 Å². The highest BCUT2D eigenvalue weighted by atomic mass is 16.5. The van der Waals surface area contributed by atoms with Crippen LogP contribution in [-0.4, -0.2) is 69.0 Å². The van der Waals surface area contributed by atoms with Crippen molar-refractivity contribution in [3.05, 3.63) is 24.3 Å². The Morgan fingerprint density at radius 2 is 2.07 bits per heavy atom. The summed E-state index contributed by atoms with van der Waals surface area (Å²) in [5.41, 5.74) is 0.887. The van der Waals surface area contributed by atoms with Gasteiger partial charge in [0.05, 0.1) is 31.0 Å². The summed E-state index contributed by atoms with van der Waals surface area (Å²) in [5.74, 6) is 0.916. The highest BCUT2D eigenvalue weighted by Crippen LogP contribution is 2.34. The maximum Gasteiger partial charge on any atom is 0.248 e. The molecule has 2 aliphatic heterocycles. The summed E-state index contributed by atoms with van der Waals surface area (Å²) >= 11 is 0. The van der Waals surface area contributed by atoms with E-state index in [0.29, 0.717) is 19.7 Å². The van der Waals surface area contributed by atoms with Crippen molar-refractivity contribution in [2.45, 2.75) is 44.8 Å². The van der Waals surface area contributed by atoms with Crippen molar-refractivity contribution >= 4 is 11.6 Å². The zero-order chi connectivity index (χ0) is 19.3. The number of ether oxygens (including phenoxy) is 3. The summed E-state index contributed by atoms with van der Waals surface area (Å²) in [6, 6.07) is 8.05. The molecule has 1 atom stereocenters. The van der Waals surface area contributed by atoms with Gasteiger partial charge in [-0.1, -0.05) is 12.1 Å². The number of hydrogen-bond acceptors (Lipinski definition) is 5. The van der Waals surface area contributed by atoms with Crippen molar-refractivity contribution in [1.29, 1.82) is 0 Å². The van der Waals surface area contributed by atoms with Crippen molar-refractivity contribution < 1.29 is 19.0 Å². The van der Waals surface area contributed by atoms with Gasteiger partial charge in [-0.3, -0.25) is 4.79 Å². The third kappa shape index (κ3) is 4.93. The van der Waals surface area contributed by atoms with E-state index in [9.17, 15) is 4.79 Å². The zero-order valence-electron chi connectivity index (χ0n) is 16.8. The van der Waals surface area contributed by atoms with Gasteiger partial charge in [-0.15, -0.1) is 0 Å². The molecule has 0 N–H and O–H groups in total. The summed E-state index contributed by atoms with van der Waals surface area (Å²) in [4.78, 5) is 16.8. The third-order valence-electron chi connectivity index (χ3n) is 5.43. The van der Waals surface area contributed by atoms with E-state index in [0.717, 1.165) is 37.4 Å². The first-order valence-electron chi connectivity index (χ1n) is 9.89. The van der Waals surface area contributed by atoms with Gasteiger partial charge in [-0.05, 0) is 45.2 Å². The molecule has 0 unspecified atom stereocenters. The minimum Gasteiger partial charge on any atom is -0.495 e. The molecule has 0 saturated carbocycles. The van der Waals surface area contributed by atoms with Crippen LogP contribution in [0, 0.1) is 0 Å². The normalized spacial score (nSPS) is 22.6. The lowest BCUT2D eigenvalue weighted by molar-refractivity contribution is -0.139. The van der Waals surface area contributed by atoms with Gasteiger partial charge in [0.25, 0.3) is 0 Å². The molecular formula is C21H32N2O4. The van der Waals surface area contributed by atoms with Crippen LogP contribution in [0.4, 0.5) is 5.69 Å². The molecular weight excluding hydrogens is 344 g/mol. The average molecular weight is 376 g/mol. The number of anilines is 1. The Bertz CT molecular complexity index is 628. The number of amides is 1. The highest BCUT2D eigenvalue weighted by Gasteiger charge is 2.36. The molecule has 0 bridgehead atoms. The lowest BCUT2D eigenvalue weighted by Gasteiger charge is -2.48. The van der Waals surface area contributed by atoms with Crippen molar-refractivity contribution in [2.75, 3.05) is 51.5 Å². The number of piperazine rings is 1. The zero-order valence-corrected chi connectivity index (χ0v) is 16.8. The smallest absolute Gasteiger partial charge is 0.248 e. The van der Waals surface area contributed by atoms with Crippen molar-refractivity contribution in [1.82, 2.24) is 4.90 Å². The van der Waals surface area contributed by atoms with Crippen LogP contribution in [0.15, 0.2) is 24.3 Å². The standard InChI is InChI=1S/C21H32N2O4/c1-21(2)16-22(20(24)15-26-14-17-8-6-7-13-27-17)11-12-23(21)18-9-4-5-10-19(18)25-3/h4-5,9-10,17H,6-8,11-16H2,1-3H3/t17-/m0/s1. The number of carbonyl (C=O) groups excluding carboxylic acids is 1. The molecule has 2 fully saturated rings. The summed E-state index contributed by atoms with van der Waals surface area (Å²) in [6.07, 6.45) is 3.48. The molecule has 2 aliphatic rings. The van der Waals surface area contributed by atoms with E-state index in [-0.39, 0.29) is 24.2 Å². The van der Waals surface area contributed by atoms with Gasteiger partial charge >= 0.3 is 0 Å². The number of benzene rings is 1. The summed E-state index contributed by atoms with van der Waals surface area (Å²) in [5, 5.41) is 0. The predicted octanol–water partition coefficient (Wildman–Crippen LogP) is 2.71. The van der Waals surface area contributed by atoms with E-state index in [1.807, 2.05) is 23.1 Å². The number of rotatable bonds is 6. The van der Waals surface area contributed by atoms with Gasteiger partial charge in [0.2, 0.25) is 5.91 Å². The second kappa shape index (κ2) is 8.93. The van der Waals surface area contributed by atoms with Crippen LogP contribution in [0.5, 0.6) is 5.75 Å². The molecule has 0 radical (unpaired) electrons. The maximum atomic E-state index is 12.6. The molecule has 1 aromatic carbocycles. The van der Waals surface area contributed by atoms with Crippen LogP contribution >= 0.6 is 0 Å². The second-order valence-electron chi connectivity index (χ2n) is 7.95. The van der Waals surface area contributed by atoms with Crippen LogP contribution in [0.2, 0.25) is 0 Å². The van der Waals surface area contributed by atoms with Gasteiger partial charge in [-0.25, -0.2) is 0 Å². The SMILES string of the molecule is COc1ccccc1N1CCN(C(=O)COC[C@@H]2CCCCO2)CC1(C)C. The Hall–Kier alpha value is -1.79. The van der Waals surface area contributed by atoms with Crippen LogP contribution in [0.25, 0.3) is 0 Å². The van der Waals surface area contributed by atoms with Crippen LogP contribution in [0.1, 0.15) is 33.1 Å². The molecule has 6 heteroatoms.